The molecule has 0 aromatic carbocycles. The number of carbonyl (C=O) groups is 1. The Labute approximate surface area is 158 Å². The molecule has 1 amide bonds. The van der Waals surface area contributed by atoms with Gasteiger partial charge < -0.3 is 20.1 Å². The first-order chi connectivity index (χ1) is 10.6. The summed E-state index contributed by atoms with van der Waals surface area (Å²) in [7, 11) is 1.64. The smallest absolute Gasteiger partial charge is 0.252 e. The van der Waals surface area contributed by atoms with Crippen molar-refractivity contribution < 1.29 is 14.3 Å². The zero-order chi connectivity index (χ0) is 16.0. The average molecular weight is 386 g/mol. The Balaban J connectivity index is 0.00000264. The van der Waals surface area contributed by atoms with E-state index in [4.69, 9.17) is 9.47 Å². The zero-order valence-electron chi connectivity index (χ0n) is 15.0. The third-order valence-corrected chi connectivity index (χ3v) is 4.65. The van der Waals surface area contributed by atoms with Crippen LogP contribution in [-0.4, -0.2) is 75.0 Å². The van der Waals surface area contributed by atoms with Crippen LogP contribution in [0.2, 0.25) is 0 Å². The molecule has 144 valence electrons. The van der Waals surface area contributed by atoms with Crippen LogP contribution in [0.25, 0.3) is 0 Å². The fourth-order valence-electron chi connectivity index (χ4n) is 3.49. The molecule has 8 heteroatoms. The Kier molecular flexibility index (Phi) is 11.4. The number of amides is 1. The van der Waals surface area contributed by atoms with E-state index in [1.165, 1.54) is 0 Å². The maximum atomic E-state index is 12.4. The van der Waals surface area contributed by atoms with E-state index < -0.39 is 5.60 Å². The SMILES string of the molecule is COC1(C(=O)NCCCN2CC(C)OC(C)C2)CCNCC1.Cl.Cl. The van der Waals surface area contributed by atoms with Crippen LogP contribution in [-0.2, 0) is 14.3 Å². The maximum Gasteiger partial charge on any atom is 0.252 e. The van der Waals surface area contributed by atoms with E-state index in [1.54, 1.807) is 7.11 Å². The quantitative estimate of drug-likeness (QED) is 0.672. The van der Waals surface area contributed by atoms with Gasteiger partial charge in [0.05, 0.1) is 12.2 Å². The van der Waals surface area contributed by atoms with E-state index in [0.717, 1.165) is 52.0 Å². The summed E-state index contributed by atoms with van der Waals surface area (Å²) in [6.45, 7) is 9.57. The molecule has 24 heavy (non-hydrogen) atoms. The maximum absolute atomic E-state index is 12.4. The van der Waals surface area contributed by atoms with Gasteiger partial charge in [0.1, 0.15) is 5.60 Å². The average Bonchev–Trinajstić information content (AvgIpc) is 2.51. The Hall–Kier alpha value is -0.110. The third kappa shape index (κ3) is 6.65. The number of nitrogens with zero attached hydrogens (tertiary/aromatic N) is 1. The second-order valence-electron chi connectivity index (χ2n) is 6.57. The van der Waals surface area contributed by atoms with Crippen LogP contribution in [0.5, 0.6) is 0 Å². The highest BCUT2D eigenvalue weighted by Gasteiger charge is 2.39. The fraction of sp³-hybridized carbons (Fsp3) is 0.938. The number of hydrogen-bond acceptors (Lipinski definition) is 5. The number of piperidine rings is 1. The minimum atomic E-state index is -0.632. The second-order valence-corrected chi connectivity index (χ2v) is 6.57. The predicted molar refractivity (Wildman–Crippen MR) is 100 cm³/mol. The summed E-state index contributed by atoms with van der Waals surface area (Å²) in [5.41, 5.74) is -0.632. The van der Waals surface area contributed by atoms with E-state index in [1.807, 2.05) is 0 Å². The molecule has 2 aliphatic rings. The van der Waals surface area contributed by atoms with Gasteiger partial charge in [-0.15, -0.1) is 24.8 Å². The van der Waals surface area contributed by atoms with Gasteiger partial charge in [-0.2, -0.15) is 0 Å². The molecule has 0 saturated carbocycles. The van der Waals surface area contributed by atoms with Gasteiger partial charge in [-0.1, -0.05) is 0 Å². The van der Waals surface area contributed by atoms with Crippen molar-refractivity contribution in [3.05, 3.63) is 0 Å². The molecule has 0 aromatic rings. The summed E-state index contributed by atoms with van der Waals surface area (Å²) in [6.07, 6.45) is 3.04. The lowest BCUT2D eigenvalue weighted by Gasteiger charge is -2.36. The summed E-state index contributed by atoms with van der Waals surface area (Å²) < 4.78 is 11.3. The molecular weight excluding hydrogens is 353 g/mol. The van der Waals surface area contributed by atoms with Crippen molar-refractivity contribution in [1.82, 2.24) is 15.5 Å². The Bertz CT molecular complexity index is 358. The van der Waals surface area contributed by atoms with Crippen molar-refractivity contribution in [2.75, 3.05) is 46.4 Å². The van der Waals surface area contributed by atoms with Crippen LogP contribution in [0.15, 0.2) is 0 Å². The number of hydrogen-bond donors (Lipinski definition) is 2. The van der Waals surface area contributed by atoms with E-state index in [0.29, 0.717) is 18.8 Å². The van der Waals surface area contributed by atoms with E-state index in [-0.39, 0.29) is 30.7 Å². The summed E-state index contributed by atoms with van der Waals surface area (Å²) in [5, 5.41) is 6.33. The van der Waals surface area contributed by atoms with Crippen molar-refractivity contribution >= 4 is 30.7 Å². The van der Waals surface area contributed by atoms with Crippen molar-refractivity contribution in [3.63, 3.8) is 0 Å². The number of nitrogens with one attached hydrogen (secondary N) is 2. The number of halogens is 2. The van der Waals surface area contributed by atoms with Crippen LogP contribution in [0, 0.1) is 0 Å². The van der Waals surface area contributed by atoms with Gasteiger partial charge in [-0.05, 0) is 46.2 Å². The molecule has 0 bridgehead atoms. The normalized spacial score (nSPS) is 26.8. The monoisotopic (exact) mass is 385 g/mol. The lowest BCUT2D eigenvalue weighted by atomic mass is 9.91. The molecule has 2 N–H and O–H groups in total. The second kappa shape index (κ2) is 11.5. The zero-order valence-corrected chi connectivity index (χ0v) is 16.6. The van der Waals surface area contributed by atoms with Gasteiger partial charge in [0.2, 0.25) is 0 Å². The first-order valence-electron chi connectivity index (χ1n) is 8.48. The first-order valence-corrected chi connectivity index (χ1v) is 8.48. The van der Waals surface area contributed by atoms with E-state index in [2.05, 4.69) is 29.4 Å². The molecule has 0 radical (unpaired) electrons. The van der Waals surface area contributed by atoms with Crippen LogP contribution in [0.1, 0.15) is 33.1 Å². The number of rotatable bonds is 6. The highest BCUT2D eigenvalue weighted by atomic mass is 35.5. The third-order valence-electron chi connectivity index (χ3n) is 4.65. The fourth-order valence-corrected chi connectivity index (χ4v) is 3.49. The Morgan fingerprint density at radius 3 is 2.38 bits per heavy atom. The van der Waals surface area contributed by atoms with Gasteiger partial charge in [-0.25, -0.2) is 0 Å². The van der Waals surface area contributed by atoms with Crippen molar-refractivity contribution in [2.45, 2.75) is 50.9 Å². The van der Waals surface area contributed by atoms with Crippen LogP contribution >= 0.6 is 24.8 Å². The van der Waals surface area contributed by atoms with Crippen molar-refractivity contribution in [1.29, 1.82) is 0 Å². The topological polar surface area (TPSA) is 62.8 Å². The molecular formula is C16H33Cl2N3O3. The van der Waals surface area contributed by atoms with Crippen LogP contribution in [0.3, 0.4) is 0 Å². The molecule has 2 aliphatic heterocycles. The first kappa shape index (κ1) is 23.9. The number of ether oxygens (including phenoxy) is 2. The van der Waals surface area contributed by atoms with E-state index >= 15 is 0 Å². The van der Waals surface area contributed by atoms with Crippen LogP contribution < -0.4 is 10.6 Å². The molecule has 0 aliphatic carbocycles. The summed E-state index contributed by atoms with van der Waals surface area (Å²) >= 11 is 0. The minimum Gasteiger partial charge on any atom is -0.373 e. The van der Waals surface area contributed by atoms with E-state index in [9.17, 15) is 4.79 Å². The van der Waals surface area contributed by atoms with Crippen molar-refractivity contribution in [2.24, 2.45) is 0 Å². The molecule has 0 spiro atoms. The molecule has 2 heterocycles. The van der Waals surface area contributed by atoms with Crippen LogP contribution in [0.4, 0.5) is 0 Å². The Morgan fingerprint density at radius 2 is 1.83 bits per heavy atom. The summed E-state index contributed by atoms with van der Waals surface area (Å²) in [5.74, 6) is 0.0419. The standard InChI is InChI=1S/C16H31N3O3.2ClH/c1-13-11-19(12-14(2)22-13)10-4-7-18-15(20)16(21-3)5-8-17-9-6-16;;/h13-14,17H,4-12H2,1-3H3,(H,18,20);2*1H. The van der Waals surface area contributed by atoms with Gasteiger partial charge in [0, 0.05) is 33.3 Å². The predicted octanol–water partition coefficient (Wildman–Crippen LogP) is 1.21. The Morgan fingerprint density at radius 1 is 1.25 bits per heavy atom. The highest BCUT2D eigenvalue weighted by Crippen LogP contribution is 2.22. The molecule has 2 fully saturated rings. The van der Waals surface area contributed by atoms with Gasteiger partial charge in [-0.3, -0.25) is 9.69 Å². The summed E-state index contributed by atoms with van der Waals surface area (Å²) in [4.78, 5) is 14.8. The molecule has 2 unspecified atom stereocenters. The summed E-state index contributed by atoms with van der Waals surface area (Å²) in [6, 6.07) is 0. The van der Waals surface area contributed by atoms with Gasteiger partial charge in [0.25, 0.3) is 5.91 Å². The lowest BCUT2D eigenvalue weighted by molar-refractivity contribution is -0.146. The van der Waals surface area contributed by atoms with Crippen molar-refractivity contribution in [3.8, 4) is 0 Å². The molecule has 2 rings (SSSR count). The highest BCUT2D eigenvalue weighted by molar-refractivity contribution is 5.86. The largest absolute Gasteiger partial charge is 0.373 e. The van der Waals surface area contributed by atoms with Gasteiger partial charge >= 0.3 is 0 Å². The lowest BCUT2D eigenvalue weighted by Crippen LogP contribution is -2.54. The molecule has 2 saturated heterocycles. The van der Waals surface area contributed by atoms with Gasteiger partial charge in [0.15, 0.2) is 0 Å². The molecule has 6 nitrogen and oxygen atoms in total. The number of methoxy groups -OCH3 is 1. The number of morpholine rings is 1. The molecule has 2 atom stereocenters. The minimum absolute atomic E-state index is 0. The molecule has 0 aromatic heterocycles. The number of carbonyl (C=O) groups excluding carboxylic acids is 1.